The number of nitrogens with one attached hydrogen (secondary N) is 1. The topological polar surface area (TPSA) is 33.1 Å². The van der Waals surface area contributed by atoms with Gasteiger partial charge in [0.25, 0.3) is 0 Å². The molecule has 1 N–H and O–H groups in total. The Morgan fingerprint density at radius 3 is 1.71 bits per heavy atom. The summed E-state index contributed by atoms with van der Waals surface area (Å²) >= 11 is 0. The zero-order valence-electron chi connectivity index (χ0n) is 11.9. The number of ether oxygens (including phenoxy) is 1. The van der Waals surface area contributed by atoms with Gasteiger partial charge >= 0.3 is 0 Å². The molecule has 0 bridgehead atoms. The van der Waals surface area contributed by atoms with Gasteiger partial charge in [-0.1, -0.05) is 71.6 Å². The summed E-state index contributed by atoms with van der Waals surface area (Å²) in [7, 11) is 0. The summed E-state index contributed by atoms with van der Waals surface area (Å²) in [5.41, 5.74) is 0. The lowest BCUT2D eigenvalue weighted by Crippen LogP contribution is -2.02. The van der Waals surface area contributed by atoms with Gasteiger partial charge in [0.05, 0.1) is 6.61 Å². The van der Waals surface area contributed by atoms with Gasteiger partial charge in [-0.25, -0.2) is 0 Å². The van der Waals surface area contributed by atoms with E-state index in [9.17, 15) is 0 Å². The third-order valence-electron chi connectivity index (χ3n) is 3.10. The maximum atomic E-state index is 7.34. The van der Waals surface area contributed by atoms with Crippen LogP contribution in [0.4, 0.5) is 0 Å². The lowest BCUT2D eigenvalue weighted by molar-refractivity contribution is 0.282. The van der Waals surface area contributed by atoms with Gasteiger partial charge in [-0.2, -0.15) is 0 Å². The van der Waals surface area contributed by atoms with Crippen LogP contribution < -0.4 is 0 Å². The molecule has 0 atom stereocenters. The molecular weight excluding hydrogens is 210 g/mol. The van der Waals surface area contributed by atoms with E-state index in [1.54, 1.807) is 0 Å². The van der Waals surface area contributed by atoms with E-state index >= 15 is 0 Å². The van der Waals surface area contributed by atoms with Crippen molar-refractivity contribution >= 4 is 5.90 Å². The molecule has 2 heteroatoms. The van der Waals surface area contributed by atoms with E-state index in [1.165, 1.54) is 57.8 Å². The summed E-state index contributed by atoms with van der Waals surface area (Å²) in [5, 5.41) is 7.34. The first-order chi connectivity index (χ1) is 8.31. The quantitative estimate of drug-likeness (QED) is 0.280. The minimum absolute atomic E-state index is 0.431. The van der Waals surface area contributed by atoms with E-state index in [2.05, 4.69) is 6.92 Å². The third-order valence-corrected chi connectivity index (χ3v) is 3.10. The normalized spacial score (nSPS) is 10.5. The molecule has 0 rings (SSSR count). The lowest BCUT2D eigenvalue weighted by atomic mass is 10.1. The first-order valence-electron chi connectivity index (χ1n) is 7.51. The van der Waals surface area contributed by atoms with Crippen molar-refractivity contribution < 1.29 is 4.74 Å². The molecular formula is C15H31NO. The molecule has 17 heavy (non-hydrogen) atoms. The second kappa shape index (κ2) is 13.5. The van der Waals surface area contributed by atoms with Gasteiger partial charge in [0, 0.05) is 6.42 Å². The first-order valence-corrected chi connectivity index (χ1v) is 7.51. The fourth-order valence-corrected chi connectivity index (χ4v) is 1.89. The van der Waals surface area contributed by atoms with E-state index in [0.717, 1.165) is 19.4 Å². The molecule has 0 radical (unpaired) electrons. The van der Waals surface area contributed by atoms with Crippen LogP contribution in [0.25, 0.3) is 0 Å². The van der Waals surface area contributed by atoms with E-state index in [4.69, 9.17) is 10.1 Å². The minimum Gasteiger partial charge on any atom is -0.481 e. The molecule has 0 heterocycles. The molecule has 0 aromatic heterocycles. The highest BCUT2D eigenvalue weighted by Crippen LogP contribution is 2.10. The highest BCUT2D eigenvalue weighted by Gasteiger charge is 1.95. The Balaban J connectivity index is 2.96. The summed E-state index contributed by atoms with van der Waals surface area (Å²) < 4.78 is 5.25. The van der Waals surface area contributed by atoms with Gasteiger partial charge in [-0.3, -0.25) is 5.41 Å². The SMILES string of the molecule is CCCCCCCCCCCCOC(=N)CC. The maximum absolute atomic E-state index is 7.34. The highest BCUT2D eigenvalue weighted by molar-refractivity contribution is 5.71. The Kier molecular flexibility index (Phi) is 13.1. The van der Waals surface area contributed by atoms with Crippen LogP contribution in [-0.4, -0.2) is 12.5 Å². The van der Waals surface area contributed by atoms with Crippen LogP contribution in [-0.2, 0) is 4.74 Å². The summed E-state index contributed by atoms with van der Waals surface area (Å²) in [5.74, 6) is 0.431. The van der Waals surface area contributed by atoms with Gasteiger partial charge in [0.15, 0.2) is 5.90 Å². The average molecular weight is 241 g/mol. The van der Waals surface area contributed by atoms with Crippen molar-refractivity contribution in [2.24, 2.45) is 0 Å². The van der Waals surface area contributed by atoms with Crippen molar-refractivity contribution in [1.29, 1.82) is 5.41 Å². The second-order valence-corrected chi connectivity index (χ2v) is 4.81. The van der Waals surface area contributed by atoms with Crippen molar-refractivity contribution in [3.05, 3.63) is 0 Å². The monoisotopic (exact) mass is 241 g/mol. The fourth-order valence-electron chi connectivity index (χ4n) is 1.89. The van der Waals surface area contributed by atoms with Crippen LogP contribution in [0.3, 0.4) is 0 Å². The Labute approximate surface area is 108 Å². The molecule has 102 valence electrons. The Hall–Kier alpha value is -0.530. The molecule has 0 fully saturated rings. The maximum Gasteiger partial charge on any atom is 0.180 e. The van der Waals surface area contributed by atoms with Gasteiger partial charge in [-0.15, -0.1) is 0 Å². The van der Waals surface area contributed by atoms with Crippen LogP contribution >= 0.6 is 0 Å². The summed E-state index contributed by atoms with van der Waals surface area (Å²) in [4.78, 5) is 0. The van der Waals surface area contributed by atoms with Crippen LogP contribution in [0.5, 0.6) is 0 Å². The van der Waals surface area contributed by atoms with Gasteiger partial charge in [0.2, 0.25) is 0 Å². The van der Waals surface area contributed by atoms with Gasteiger partial charge in [0.1, 0.15) is 0 Å². The van der Waals surface area contributed by atoms with Crippen molar-refractivity contribution in [1.82, 2.24) is 0 Å². The summed E-state index contributed by atoms with van der Waals surface area (Å²) in [6.07, 6.45) is 14.2. The van der Waals surface area contributed by atoms with Crippen LogP contribution in [0.1, 0.15) is 84.5 Å². The van der Waals surface area contributed by atoms with Crippen molar-refractivity contribution in [2.75, 3.05) is 6.61 Å². The first kappa shape index (κ1) is 16.5. The molecule has 0 saturated carbocycles. The van der Waals surface area contributed by atoms with E-state index < -0.39 is 0 Å². The molecule has 0 aromatic carbocycles. The predicted molar refractivity (Wildman–Crippen MR) is 75.8 cm³/mol. The minimum atomic E-state index is 0.431. The third kappa shape index (κ3) is 13.4. The van der Waals surface area contributed by atoms with Gasteiger partial charge in [-0.05, 0) is 6.42 Å². The van der Waals surface area contributed by atoms with E-state index in [-0.39, 0.29) is 0 Å². The molecule has 0 aliphatic heterocycles. The fraction of sp³-hybridized carbons (Fsp3) is 0.933. The molecule has 0 spiro atoms. The van der Waals surface area contributed by atoms with Crippen molar-refractivity contribution in [3.63, 3.8) is 0 Å². The Morgan fingerprint density at radius 2 is 1.24 bits per heavy atom. The highest BCUT2D eigenvalue weighted by atomic mass is 16.5. The van der Waals surface area contributed by atoms with Gasteiger partial charge < -0.3 is 4.74 Å². The molecule has 2 nitrogen and oxygen atoms in total. The zero-order valence-corrected chi connectivity index (χ0v) is 11.9. The average Bonchev–Trinajstić information content (AvgIpc) is 2.35. The number of unbranched alkanes of at least 4 members (excludes halogenated alkanes) is 9. The number of hydrogen-bond donors (Lipinski definition) is 1. The second-order valence-electron chi connectivity index (χ2n) is 4.81. The van der Waals surface area contributed by atoms with Crippen LogP contribution in [0.15, 0.2) is 0 Å². The Bertz CT molecular complexity index is 168. The van der Waals surface area contributed by atoms with Crippen LogP contribution in [0, 0.1) is 5.41 Å². The van der Waals surface area contributed by atoms with Crippen molar-refractivity contribution in [3.8, 4) is 0 Å². The molecule has 0 saturated heterocycles. The molecule has 0 aromatic rings. The number of hydrogen-bond acceptors (Lipinski definition) is 2. The summed E-state index contributed by atoms with van der Waals surface area (Å²) in [6.45, 7) is 4.96. The van der Waals surface area contributed by atoms with Crippen molar-refractivity contribution in [2.45, 2.75) is 84.5 Å². The molecule has 0 aliphatic carbocycles. The Morgan fingerprint density at radius 1 is 0.765 bits per heavy atom. The zero-order chi connectivity index (χ0) is 12.8. The molecule has 0 unspecified atom stereocenters. The smallest absolute Gasteiger partial charge is 0.180 e. The predicted octanol–water partition coefficient (Wildman–Crippen LogP) is 5.31. The largest absolute Gasteiger partial charge is 0.481 e. The molecule has 0 amide bonds. The molecule has 0 aliphatic rings. The lowest BCUT2D eigenvalue weighted by Gasteiger charge is -2.05. The number of rotatable bonds is 12. The van der Waals surface area contributed by atoms with E-state index in [0.29, 0.717) is 5.90 Å². The standard InChI is InChI=1S/C15H31NO/c1-3-5-6-7-8-9-10-11-12-13-14-17-15(16)4-2/h16H,3-14H2,1-2H3. The summed E-state index contributed by atoms with van der Waals surface area (Å²) in [6, 6.07) is 0. The van der Waals surface area contributed by atoms with E-state index in [1.807, 2.05) is 6.92 Å². The van der Waals surface area contributed by atoms with Crippen LogP contribution in [0.2, 0.25) is 0 Å².